The van der Waals surface area contributed by atoms with Gasteiger partial charge < -0.3 is 24.4 Å². The van der Waals surface area contributed by atoms with Crippen molar-refractivity contribution in [2.45, 2.75) is 45.2 Å². The number of hydrogen-bond acceptors (Lipinski definition) is 4. The summed E-state index contributed by atoms with van der Waals surface area (Å²) in [5.74, 6) is -0.468. The molecular weight excluding hydrogens is 426 g/mol. The second kappa shape index (κ2) is 7.97. The maximum atomic E-state index is 15.4. The summed E-state index contributed by atoms with van der Waals surface area (Å²) >= 11 is 0. The summed E-state index contributed by atoms with van der Waals surface area (Å²) in [6.45, 7) is 6.72. The van der Waals surface area contributed by atoms with Gasteiger partial charge in [-0.25, -0.2) is 8.78 Å². The number of benzene rings is 2. The molecule has 0 radical (unpaired) electrons. The molecule has 176 valence electrons. The second-order valence-corrected chi connectivity index (χ2v) is 10.3. The Morgan fingerprint density at radius 2 is 1.82 bits per heavy atom. The van der Waals surface area contributed by atoms with E-state index in [1.54, 1.807) is 12.1 Å². The van der Waals surface area contributed by atoms with Crippen molar-refractivity contribution < 1.29 is 23.4 Å². The first-order valence-electron chi connectivity index (χ1n) is 11.6. The summed E-state index contributed by atoms with van der Waals surface area (Å²) in [4.78, 5) is 16.3. The minimum atomic E-state index is -1.20. The van der Waals surface area contributed by atoms with E-state index in [-0.39, 0.29) is 17.2 Å². The van der Waals surface area contributed by atoms with Gasteiger partial charge in [-0.3, -0.25) is 0 Å². The van der Waals surface area contributed by atoms with Crippen molar-refractivity contribution in [3.8, 4) is 16.9 Å². The highest BCUT2D eigenvalue weighted by molar-refractivity contribution is 5.69. The van der Waals surface area contributed by atoms with E-state index >= 15 is 4.39 Å². The third kappa shape index (κ3) is 3.66. The van der Waals surface area contributed by atoms with Crippen LogP contribution in [0.3, 0.4) is 0 Å². The van der Waals surface area contributed by atoms with E-state index in [9.17, 15) is 14.3 Å². The van der Waals surface area contributed by atoms with E-state index in [2.05, 4.69) is 4.90 Å². The molecule has 2 aromatic rings. The number of ether oxygens (including phenoxy) is 1. The Bertz CT molecular complexity index is 1100. The summed E-state index contributed by atoms with van der Waals surface area (Å²) in [6.07, 6.45) is 1.31. The standard InChI is InChI=1S/C26H30F2N2O3/c1-26(2)13-16-10-20(18-5-4-17(33-3)11-21(18)27)22(28)12-19(16)24(26)30(25(31)32)23-14-29-8-6-15(23)7-9-29/h4-5,10-12,15,23-24H,6-9,13-14H2,1-3H3,(H,31,32)/p-1/t23-,24+/m1/s1. The van der Waals surface area contributed by atoms with Crippen molar-refractivity contribution in [1.82, 2.24) is 9.80 Å². The Hall–Kier alpha value is -2.67. The molecule has 6 rings (SSSR count). The van der Waals surface area contributed by atoms with Gasteiger partial charge in [0.2, 0.25) is 0 Å². The molecule has 4 aliphatic rings. The lowest BCUT2D eigenvalue weighted by atomic mass is 9.79. The number of amides is 1. The number of hydrogen-bond donors (Lipinski definition) is 0. The first-order valence-corrected chi connectivity index (χ1v) is 11.6. The van der Waals surface area contributed by atoms with Gasteiger partial charge in [-0.15, -0.1) is 0 Å². The molecular formula is C26H29F2N2O3-. The predicted molar refractivity (Wildman–Crippen MR) is 119 cm³/mol. The molecule has 3 aliphatic heterocycles. The summed E-state index contributed by atoms with van der Waals surface area (Å²) < 4.78 is 35.1. The van der Waals surface area contributed by atoms with Gasteiger partial charge in [0.05, 0.1) is 13.2 Å². The molecule has 0 aromatic heterocycles. The van der Waals surface area contributed by atoms with Crippen LogP contribution in [-0.2, 0) is 6.42 Å². The van der Waals surface area contributed by atoms with E-state index in [1.165, 1.54) is 30.2 Å². The fourth-order valence-corrected chi connectivity index (χ4v) is 6.30. The molecule has 2 atom stereocenters. The molecule has 0 saturated carbocycles. The number of rotatable bonds is 4. The van der Waals surface area contributed by atoms with Crippen LogP contribution in [0.1, 0.15) is 43.9 Å². The van der Waals surface area contributed by atoms with Crippen LogP contribution in [0, 0.1) is 23.0 Å². The van der Waals surface area contributed by atoms with E-state index < -0.39 is 29.2 Å². The van der Waals surface area contributed by atoms with Crippen LogP contribution < -0.4 is 9.84 Å². The molecule has 2 aromatic carbocycles. The fourth-order valence-electron chi connectivity index (χ4n) is 6.30. The van der Waals surface area contributed by atoms with Crippen LogP contribution in [-0.4, -0.2) is 48.7 Å². The van der Waals surface area contributed by atoms with Crippen molar-refractivity contribution in [3.05, 3.63) is 53.1 Å². The summed E-state index contributed by atoms with van der Waals surface area (Å²) in [6, 6.07) is 6.77. The molecule has 3 fully saturated rings. The maximum absolute atomic E-state index is 15.4. The van der Waals surface area contributed by atoms with Gasteiger partial charge in [-0.1, -0.05) is 13.8 Å². The zero-order chi connectivity index (χ0) is 23.5. The van der Waals surface area contributed by atoms with Gasteiger partial charge in [0.15, 0.2) is 0 Å². The second-order valence-electron chi connectivity index (χ2n) is 10.3. The van der Waals surface area contributed by atoms with Crippen LogP contribution in [0.5, 0.6) is 5.75 Å². The number of carbonyl (C=O) groups is 1. The molecule has 7 heteroatoms. The van der Waals surface area contributed by atoms with Crippen LogP contribution in [0.2, 0.25) is 0 Å². The molecule has 1 aliphatic carbocycles. The lowest BCUT2D eigenvalue weighted by Crippen LogP contribution is -2.62. The lowest BCUT2D eigenvalue weighted by molar-refractivity contribution is -0.276. The molecule has 5 nitrogen and oxygen atoms in total. The minimum absolute atomic E-state index is 0.158. The Morgan fingerprint density at radius 3 is 2.39 bits per heavy atom. The van der Waals surface area contributed by atoms with Gasteiger partial charge in [0.1, 0.15) is 23.5 Å². The Morgan fingerprint density at radius 1 is 1.12 bits per heavy atom. The van der Waals surface area contributed by atoms with Crippen LogP contribution >= 0.6 is 0 Å². The van der Waals surface area contributed by atoms with Crippen LogP contribution in [0.15, 0.2) is 30.3 Å². The number of methoxy groups -OCH3 is 1. The average molecular weight is 456 g/mol. The van der Waals surface area contributed by atoms with Crippen molar-refractivity contribution in [2.75, 3.05) is 26.7 Å². The fraction of sp³-hybridized carbons (Fsp3) is 0.500. The topological polar surface area (TPSA) is 55.8 Å². The molecule has 0 N–H and O–H groups in total. The Balaban J connectivity index is 1.57. The van der Waals surface area contributed by atoms with Crippen LogP contribution in [0.4, 0.5) is 13.6 Å². The number of halogens is 2. The number of nitrogens with zero attached hydrogens (tertiary/aromatic N) is 2. The Labute approximate surface area is 193 Å². The van der Waals surface area contributed by atoms with Crippen molar-refractivity contribution in [3.63, 3.8) is 0 Å². The first kappa shape index (κ1) is 22.1. The van der Waals surface area contributed by atoms with Gasteiger partial charge in [0, 0.05) is 29.8 Å². The number of carboxylic acid groups (broad SMARTS) is 1. The quantitative estimate of drug-likeness (QED) is 0.699. The first-order chi connectivity index (χ1) is 15.7. The molecule has 33 heavy (non-hydrogen) atoms. The number of piperidine rings is 3. The van der Waals surface area contributed by atoms with E-state index in [1.807, 2.05) is 13.8 Å². The third-order valence-electron chi connectivity index (χ3n) is 7.84. The summed E-state index contributed by atoms with van der Waals surface area (Å²) in [7, 11) is 1.45. The van der Waals surface area contributed by atoms with Gasteiger partial charge >= 0.3 is 0 Å². The van der Waals surface area contributed by atoms with Gasteiger partial charge in [-0.2, -0.15) is 0 Å². The van der Waals surface area contributed by atoms with Crippen molar-refractivity contribution in [1.29, 1.82) is 0 Å². The predicted octanol–water partition coefficient (Wildman–Crippen LogP) is 4.00. The largest absolute Gasteiger partial charge is 0.530 e. The zero-order valence-electron chi connectivity index (χ0n) is 19.2. The molecule has 2 bridgehead atoms. The monoisotopic (exact) mass is 455 g/mol. The Kier molecular flexibility index (Phi) is 5.35. The summed E-state index contributed by atoms with van der Waals surface area (Å²) in [5, 5.41) is 12.5. The lowest BCUT2D eigenvalue weighted by Gasteiger charge is -2.53. The zero-order valence-corrected chi connectivity index (χ0v) is 19.2. The maximum Gasteiger partial charge on any atom is 0.137 e. The molecule has 3 heterocycles. The normalized spacial score (nSPS) is 27.3. The molecule has 0 spiro atoms. The van der Waals surface area contributed by atoms with Gasteiger partial charge in [-0.05, 0) is 79.1 Å². The highest BCUT2D eigenvalue weighted by Crippen LogP contribution is 2.52. The van der Waals surface area contributed by atoms with Crippen molar-refractivity contribution in [2.24, 2.45) is 11.3 Å². The summed E-state index contributed by atoms with van der Waals surface area (Å²) in [5.41, 5.74) is 1.40. The minimum Gasteiger partial charge on any atom is -0.530 e. The highest BCUT2D eigenvalue weighted by Gasteiger charge is 2.48. The van der Waals surface area contributed by atoms with Crippen molar-refractivity contribution >= 4 is 6.09 Å². The molecule has 0 unspecified atom stereocenters. The SMILES string of the molecule is COc1ccc(-c2cc3c(cc2F)[C@H](N(C(=O)[O-])[C@@H]2CN4CCC2CC4)C(C)(C)C3)c(F)c1. The highest BCUT2D eigenvalue weighted by atomic mass is 19.1. The van der Waals surface area contributed by atoms with E-state index in [0.29, 0.717) is 30.2 Å². The van der Waals surface area contributed by atoms with E-state index in [4.69, 9.17) is 4.74 Å². The molecule has 3 saturated heterocycles. The third-order valence-corrected chi connectivity index (χ3v) is 7.84. The van der Waals surface area contributed by atoms with Gasteiger partial charge in [0.25, 0.3) is 0 Å². The number of carbonyl (C=O) groups excluding carboxylic acids is 1. The smallest absolute Gasteiger partial charge is 0.137 e. The number of fused-ring (bicyclic) bond motifs is 4. The van der Waals surface area contributed by atoms with E-state index in [0.717, 1.165) is 31.5 Å². The average Bonchev–Trinajstić information content (AvgIpc) is 3.03. The van der Waals surface area contributed by atoms with Crippen LogP contribution in [0.25, 0.3) is 11.1 Å². The molecule has 1 amide bonds.